The Kier molecular flexibility index (Phi) is 4.91. The lowest BCUT2D eigenvalue weighted by atomic mass is 9.83. The first-order valence-corrected chi connectivity index (χ1v) is 8.04. The fraction of sp³-hybridized carbons (Fsp3) is 0.714. The summed E-state index contributed by atoms with van der Waals surface area (Å²) in [5.41, 5.74) is 2.62. The number of fused-ring (bicyclic) bond motifs is 1. The lowest BCUT2D eigenvalue weighted by Gasteiger charge is -2.24. The number of hydrogen-bond donors (Lipinski definition) is 1. The number of thioether (sulfide) groups is 1. The van der Waals surface area contributed by atoms with Gasteiger partial charge in [0.25, 0.3) is 0 Å². The maximum absolute atomic E-state index is 9.24. The van der Waals surface area contributed by atoms with E-state index in [1.807, 2.05) is 18.7 Å². The molecule has 1 aliphatic rings. The molecular weight excluding hydrogens is 260 g/mol. The molecule has 19 heavy (non-hydrogen) atoms. The van der Waals surface area contributed by atoms with Gasteiger partial charge in [-0.2, -0.15) is 11.8 Å². The quantitative estimate of drug-likeness (QED) is 0.663. The minimum Gasteiger partial charge on any atom is -0.411 e. The van der Waals surface area contributed by atoms with E-state index in [2.05, 4.69) is 24.2 Å². The van der Waals surface area contributed by atoms with Gasteiger partial charge >= 0.3 is 0 Å². The fourth-order valence-corrected chi connectivity index (χ4v) is 3.84. The van der Waals surface area contributed by atoms with E-state index in [0.29, 0.717) is 11.2 Å². The standard InChI is InChI=1S/C14H22N2O2S/c1-4-11-14-12(15-17)7-10(6-9(3)19-5-2)8-13(14)18-16-11/h9-10,17H,4-8H2,1-3H3/b15-12+/t9-,10+/m0/s1. The molecule has 0 aromatic carbocycles. The van der Waals surface area contributed by atoms with Gasteiger partial charge in [0.1, 0.15) is 5.76 Å². The van der Waals surface area contributed by atoms with Crippen molar-refractivity contribution in [2.75, 3.05) is 5.75 Å². The monoisotopic (exact) mass is 282 g/mol. The predicted octanol–water partition coefficient (Wildman–Crippen LogP) is 3.51. The molecule has 0 unspecified atom stereocenters. The SMILES string of the molecule is CCS[C@@H](C)C[C@@H]1C/C(=N\O)c2c(CC)noc2C1. The topological polar surface area (TPSA) is 58.6 Å². The van der Waals surface area contributed by atoms with Crippen LogP contribution in [0.25, 0.3) is 0 Å². The largest absolute Gasteiger partial charge is 0.411 e. The van der Waals surface area contributed by atoms with Crippen LogP contribution in [0.1, 0.15) is 50.6 Å². The Hall–Kier alpha value is -0.970. The number of hydrogen-bond acceptors (Lipinski definition) is 5. The molecule has 0 fully saturated rings. The normalized spacial score (nSPS) is 22.5. The Balaban J connectivity index is 2.14. The van der Waals surface area contributed by atoms with Gasteiger partial charge in [0.05, 0.1) is 17.0 Å². The van der Waals surface area contributed by atoms with Crippen molar-refractivity contribution in [1.82, 2.24) is 5.16 Å². The van der Waals surface area contributed by atoms with E-state index in [0.717, 1.165) is 54.2 Å². The predicted molar refractivity (Wildman–Crippen MR) is 78.2 cm³/mol. The fourth-order valence-electron chi connectivity index (χ4n) is 2.86. The average Bonchev–Trinajstić information content (AvgIpc) is 2.81. The highest BCUT2D eigenvalue weighted by molar-refractivity contribution is 7.99. The minimum atomic E-state index is 0.491. The summed E-state index contributed by atoms with van der Waals surface area (Å²) < 4.78 is 5.43. The van der Waals surface area contributed by atoms with Crippen LogP contribution in [0.2, 0.25) is 0 Å². The lowest BCUT2D eigenvalue weighted by molar-refractivity contribution is 0.310. The molecule has 2 rings (SSSR count). The van der Waals surface area contributed by atoms with Gasteiger partial charge < -0.3 is 9.73 Å². The molecule has 0 saturated heterocycles. The Morgan fingerprint density at radius 3 is 2.89 bits per heavy atom. The molecule has 0 saturated carbocycles. The van der Waals surface area contributed by atoms with Gasteiger partial charge in [0.15, 0.2) is 0 Å². The van der Waals surface area contributed by atoms with E-state index in [-0.39, 0.29) is 0 Å². The summed E-state index contributed by atoms with van der Waals surface area (Å²) in [7, 11) is 0. The van der Waals surface area contributed by atoms with Crippen LogP contribution in [-0.4, -0.2) is 27.1 Å². The summed E-state index contributed by atoms with van der Waals surface area (Å²) in [4.78, 5) is 0. The Bertz CT molecular complexity index is 456. The van der Waals surface area contributed by atoms with E-state index < -0.39 is 0 Å². The third-order valence-electron chi connectivity index (χ3n) is 3.65. The third-order valence-corrected chi connectivity index (χ3v) is 4.74. The smallest absolute Gasteiger partial charge is 0.146 e. The van der Waals surface area contributed by atoms with Crippen molar-refractivity contribution in [3.05, 3.63) is 17.0 Å². The van der Waals surface area contributed by atoms with Gasteiger partial charge in [-0.3, -0.25) is 0 Å². The van der Waals surface area contributed by atoms with Crippen molar-refractivity contribution >= 4 is 17.5 Å². The number of aryl methyl sites for hydroxylation is 1. The first-order chi connectivity index (χ1) is 9.19. The molecule has 106 valence electrons. The average molecular weight is 282 g/mol. The summed E-state index contributed by atoms with van der Waals surface area (Å²) in [5, 5.41) is 17.4. The molecule has 0 amide bonds. The molecule has 2 atom stereocenters. The van der Waals surface area contributed by atoms with Crippen LogP contribution in [0.4, 0.5) is 0 Å². The summed E-state index contributed by atoms with van der Waals surface area (Å²) in [6.07, 6.45) is 3.67. The molecule has 1 aromatic rings. The van der Waals surface area contributed by atoms with Crippen molar-refractivity contribution in [2.45, 2.75) is 51.7 Å². The first-order valence-electron chi connectivity index (χ1n) is 6.99. The van der Waals surface area contributed by atoms with E-state index in [4.69, 9.17) is 4.52 Å². The molecule has 5 heteroatoms. The van der Waals surface area contributed by atoms with Gasteiger partial charge in [-0.05, 0) is 30.9 Å². The Morgan fingerprint density at radius 1 is 1.47 bits per heavy atom. The molecule has 4 nitrogen and oxygen atoms in total. The van der Waals surface area contributed by atoms with Gasteiger partial charge in [-0.15, -0.1) is 0 Å². The van der Waals surface area contributed by atoms with Gasteiger partial charge in [0.2, 0.25) is 0 Å². The van der Waals surface area contributed by atoms with E-state index in [1.54, 1.807) is 0 Å². The number of rotatable bonds is 5. The number of nitrogens with zero attached hydrogens (tertiary/aromatic N) is 2. The number of aromatic nitrogens is 1. The second-order valence-electron chi connectivity index (χ2n) is 5.10. The van der Waals surface area contributed by atoms with E-state index in [9.17, 15) is 5.21 Å². The third kappa shape index (κ3) is 3.14. The summed E-state index contributed by atoms with van der Waals surface area (Å²) in [6, 6.07) is 0. The molecule has 0 aliphatic heterocycles. The molecule has 1 N–H and O–H groups in total. The van der Waals surface area contributed by atoms with Crippen LogP contribution in [0, 0.1) is 5.92 Å². The van der Waals surface area contributed by atoms with E-state index in [1.165, 1.54) is 0 Å². The molecule has 1 aliphatic carbocycles. The molecule has 0 bridgehead atoms. The lowest BCUT2D eigenvalue weighted by Crippen LogP contribution is -2.23. The minimum absolute atomic E-state index is 0.491. The van der Waals surface area contributed by atoms with Gasteiger partial charge in [-0.1, -0.05) is 31.1 Å². The van der Waals surface area contributed by atoms with Crippen molar-refractivity contribution in [1.29, 1.82) is 0 Å². The highest BCUT2D eigenvalue weighted by Gasteiger charge is 2.31. The zero-order valence-electron chi connectivity index (χ0n) is 11.8. The first kappa shape index (κ1) is 14.4. The highest BCUT2D eigenvalue weighted by atomic mass is 32.2. The van der Waals surface area contributed by atoms with Crippen molar-refractivity contribution < 1.29 is 9.73 Å². The number of oxime groups is 1. The maximum Gasteiger partial charge on any atom is 0.146 e. The molecule has 0 radical (unpaired) electrons. The van der Waals surface area contributed by atoms with Crippen molar-refractivity contribution in [2.24, 2.45) is 11.1 Å². The summed E-state index contributed by atoms with van der Waals surface area (Å²) in [6.45, 7) is 6.49. The Morgan fingerprint density at radius 2 is 2.26 bits per heavy atom. The van der Waals surface area contributed by atoms with Crippen molar-refractivity contribution in [3.63, 3.8) is 0 Å². The van der Waals surface area contributed by atoms with Gasteiger partial charge in [0, 0.05) is 11.7 Å². The van der Waals surface area contributed by atoms with Crippen molar-refractivity contribution in [3.8, 4) is 0 Å². The second-order valence-corrected chi connectivity index (χ2v) is 6.82. The Labute approximate surface area is 118 Å². The maximum atomic E-state index is 9.24. The summed E-state index contributed by atoms with van der Waals surface area (Å²) in [5.74, 6) is 2.53. The van der Waals surface area contributed by atoms with E-state index >= 15 is 0 Å². The van der Waals surface area contributed by atoms with Crippen LogP contribution in [-0.2, 0) is 12.8 Å². The zero-order valence-corrected chi connectivity index (χ0v) is 12.7. The zero-order chi connectivity index (χ0) is 13.8. The molecule has 1 heterocycles. The van der Waals surface area contributed by atoms with Crippen LogP contribution < -0.4 is 0 Å². The summed E-state index contributed by atoms with van der Waals surface area (Å²) >= 11 is 1.98. The molecule has 1 aromatic heterocycles. The van der Waals surface area contributed by atoms with Crippen LogP contribution in [0.5, 0.6) is 0 Å². The van der Waals surface area contributed by atoms with Crippen LogP contribution >= 0.6 is 11.8 Å². The molecule has 0 spiro atoms. The second kappa shape index (κ2) is 6.46. The van der Waals surface area contributed by atoms with Crippen LogP contribution in [0.3, 0.4) is 0 Å². The van der Waals surface area contributed by atoms with Crippen LogP contribution in [0.15, 0.2) is 9.68 Å². The van der Waals surface area contributed by atoms with Gasteiger partial charge in [-0.25, -0.2) is 0 Å². The molecular formula is C14H22N2O2S. The highest BCUT2D eigenvalue weighted by Crippen LogP contribution is 2.33.